The molecule has 29 heavy (non-hydrogen) atoms. The molecule has 0 unspecified atom stereocenters. The molecule has 0 aliphatic carbocycles. The van der Waals surface area contributed by atoms with E-state index in [0.717, 1.165) is 12.1 Å². The van der Waals surface area contributed by atoms with Crippen LogP contribution < -0.4 is 15.2 Å². The molecule has 0 saturated heterocycles. The van der Waals surface area contributed by atoms with E-state index in [2.05, 4.69) is 9.97 Å². The molecule has 0 aliphatic heterocycles. The van der Waals surface area contributed by atoms with E-state index in [1.54, 1.807) is 0 Å². The molecule has 0 spiro atoms. The van der Waals surface area contributed by atoms with Crippen molar-refractivity contribution in [2.75, 3.05) is 11.5 Å². The van der Waals surface area contributed by atoms with Crippen LogP contribution in [0.5, 0.6) is 23.1 Å². The second-order valence-corrected chi connectivity index (χ2v) is 9.04. The number of nitrogens with two attached hydrogens (primary N) is 1. The van der Waals surface area contributed by atoms with E-state index in [0.29, 0.717) is 3.57 Å². The van der Waals surface area contributed by atoms with E-state index in [1.807, 2.05) is 22.6 Å². The van der Waals surface area contributed by atoms with Crippen LogP contribution in [-0.2, 0) is 9.84 Å². The van der Waals surface area contributed by atoms with Gasteiger partial charge in [-0.1, -0.05) is 13.0 Å². The van der Waals surface area contributed by atoms with Gasteiger partial charge in [0, 0.05) is 6.07 Å². The summed E-state index contributed by atoms with van der Waals surface area (Å²) in [5.74, 6) is -2.61. The Kier molecular flexibility index (Phi) is 6.17. The molecular formula is C18H14F2IN3O4S. The summed E-state index contributed by atoms with van der Waals surface area (Å²) in [7, 11) is -3.46. The van der Waals surface area contributed by atoms with E-state index in [1.165, 1.54) is 37.4 Å². The van der Waals surface area contributed by atoms with Gasteiger partial charge in [0.2, 0.25) is 5.75 Å². The normalized spacial score (nSPS) is 11.3. The number of ether oxygens (including phenoxy) is 2. The van der Waals surface area contributed by atoms with Gasteiger partial charge >= 0.3 is 0 Å². The lowest BCUT2D eigenvalue weighted by atomic mass is 10.3. The number of sulfone groups is 1. The number of halogens is 3. The lowest BCUT2D eigenvalue weighted by molar-refractivity contribution is 0.368. The quantitative estimate of drug-likeness (QED) is 0.471. The second kappa shape index (κ2) is 8.45. The van der Waals surface area contributed by atoms with Crippen LogP contribution in [0.1, 0.15) is 6.92 Å². The molecule has 152 valence electrons. The Hall–Kier alpha value is -2.54. The summed E-state index contributed by atoms with van der Waals surface area (Å²) < 4.78 is 63.0. The summed E-state index contributed by atoms with van der Waals surface area (Å²) >= 11 is 1.91. The SMILES string of the molecule is CCS(=O)(=O)c1ccc(Oc2cc(I)c(N)nc2Oc2c(F)cccc2F)cn1. The lowest BCUT2D eigenvalue weighted by Crippen LogP contribution is -2.06. The van der Waals surface area contributed by atoms with E-state index in [4.69, 9.17) is 15.2 Å². The van der Waals surface area contributed by atoms with Crippen molar-refractivity contribution < 1.29 is 26.7 Å². The molecule has 11 heteroatoms. The van der Waals surface area contributed by atoms with E-state index < -0.39 is 27.2 Å². The number of hydrogen-bond acceptors (Lipinski definition) is 7. The Morgan fingerprint density at radius 2 is 1.83 bits per heavy atom. The standard InChI is InChI=1S/C18H14F2IN3O4S/c1-2-29(25,26)15-7-6-10(9-23-15)27-14-8-13(21)17(22)24-18(14)28-16-11(19)4-3-5-12(16)20/h3-9H,2H2,1H3,(H2,22,24). The number of para-hydroxylation sites is 1. The number of aromatic nitrogens is 2. The molecule has 2 N–H and O–H groups in total. The lowest BCUT2D eigenvalue weighted by Gasteiger charge is -2.13. The molecule has 0 amide bonds. The summed E-state index contributed by atoms with van der Waals surface area (Å²) in [6.07, 6.45) is 1.21. The maximum Gasteiger partial charge on any atom is 0.265 e. The fraction of sp³-hybridized carbons (Fsp3) is 0.111. The largest absolute Gasteiger partial charge is 0.450 e. The van der Waals surface area contributed by atoms with E-state index in [-0.39, 0.29) is 34.0 Å². The summed E-state index contributed by atoms with van der Waals surface area (Å²) in [5, 5.41) is -0.0951. The Bertz CT molecular complexity index is 1140. The molecule has 0 radical (unpaired) electrons. The predicted octanol–water partition coefficient (Wildman–Crippen LogP) is 4.32. The molecule has 1 aromatic carbocycles. The van der Waals surface area contributed by atoms with Gasteiger partial charge in [-0.2, -0.15) is 4.98 Å². The summed E-state index contributed by atoms with van der Waals surface area (Å²) in [6.45, 7) is 1.51. The third kappa shape index (κ3) is 4.72. The molecular weight excluding hydrogens is 519 g/mol. The van der Waals surface area contributed by atoms with Crippen LogP contribution in [0.4, 0.5) is 14.6 Å². The van der Waals surface area contributed by atoms with Gasteiger partial charge in [-0.15, -0.1) is 0 Å². The van der Waals surface area contributed by atoms with Crippen LogP contribution in [0.15, 0.2) is 47.6 Å². The highest BCUT2D eigenvalue weighted by atomic mass is 127. The molecule has 0 atom stereocenters. The zero-order valence-corrected chi connectivity index (χ0v) is 17.9. The Morgan fingerprint density at radius 3 is 2.41 bits per heavy atom. The van der Waals surface area contributed by atoms with Crippen LogP contribution in [0.25, 0.3) is 0 Å². The number of nitrogen functional groups attached to an aromatic ring is 1. The van der Waals surface area contributed by atoms with Crippen LogP contribution >= 0.6 is 22.6 Å². The summed E-state index contributed by atoms with van der Waals surface area (Å²) in [4.78, 5) is 7.87. The molecule has 0 fully saturated rings. The van der Waals surface area contributed by atoms with Crippen LogP contribution in [0.2, 0.25) is 0 Å². The third-order valence-corrected chi connectivity index (χ3v) is 6.19. The highest BCUT2D eigenvalue weighted by Crippen LogP contribution is 2.37. The fourth-order valence-corrected chi connectivity index (χ4v) is 3.37. The number of pyridine rings is 2. The minimum atomic E-state index is -3.46. The van der Waals surface area contributed by atoms with Gasteiger partial charge in [-0.25, -0.2) is 22.2 Å². The maximum atomic E-state index is 13.9. The molecule has 7 nitrogen and oxygen atoms in total. The second-order valence-electron chi connectivity index (χ2n) is 5.65. The first-order valence-electron chi connectivity index (χ1n) is 8.16. The van der Waals surface area contributed by atoms with Crippen molar-refractivity contribution >= 4 is 38.2 Å². The highest BCUT2D eigenvalue weighted by molar-refractivity contribution is 14.1. The van der Waals surface area contributed by atoms with Gasteiger partial charge in [-0.3, -0.25) is 0 Å². The zero-order valence-electron chi connectivity index (χ0n) is 14.9. The number of nitrogens with zero attached hydrogens (tertiary/aromatic N) is 2. The Balaban J connectivity index is 1.96. The number of anilines is 1. The topological polar surface area (TPSA) is 104 Å². The van der Waals surface area contributed by atoms with Crippen molar-refractivity contribution in [2.45, 2.75) is 11.9 Å². The number of rotatable bonds is 6. The first-order chi connectivity index (χ1) is 13.7. The average Bonchev–Trinajstić information content (AvgIpc) is 2.69. The summed E-state index contributed by atoms with van der Waals surface area (Å²) in [5.41, 5.74) is 5.78. The smallest absolute Gasteiger partial charge is 0.265 e. The highest BCUT2D eigenvalue weighted by Gasteiger charge is 2.19. The van der Waals surface area contributed by atoms with Gasteiger partial charge in [0.15, 0.2) is 32.2 Å². The minimum Gasteiger partial charge on any atom is -0.450 e. The number of hydrogen-bond donors (Lipinski definition) is 1. The average molecular weight is 533 g/mol. The summed E-state index contributed by atoms with van der Waals surface area (Å²) in [6, 6.07) is 7.42. The van der Waals surface area contributed by atoms with Crippen molar-refractivity contribution in [3.63, 3.8) is 0 Å². The van der Waals surface area contributed by atoms with Gasteiger partial charge < -0.3 is 15.2 Å². The van der Waals surface area contributed by atoms with Gasteiger partial charge in [-0.05, 0) is 46.9 Å². The molecule has 0 aliphatic rings. The first-order valence-corrected chi connectivity index (χ1v) is 10.9. The van der Waals surface area contributed by atoms with Gasteiger partial charge in [0.1, 0.15) is 11.6 Å². The Labute approximate surface area is 179 Å². The molecule has 2 aromatic heterocycles. The fourth-order valence-electron chi connectivity index (χ4n) is 2.18. The molecule has 2 heterocycles. The molecule has 3 aromatic rings. The first kappa shape index (κ1) is 21.2. The van der Waals surface area contributed by atoms with E-state index >= 15 is 0 Å². The van der Waals surface area contributed by atoms with Crippen molar-refractivity contribution in [2.24, 2.45) is 0 Å². The maximum absolute atomic E-state index is 13.9. The van der Waals surface area contributed by atoms with Crippen LogP contribution in [0, 0.1) is 15.2 Å². The van der Waals surface area contributed by atoms with E-state index in [9.17, 15) is 17.2 Å². The van der Waals surface area contributed by atoms with Crippen LogP contribution in [0.3, 0.4) is 0 Å². The minimum absolute atomic E-state index is 0.0131. The van der Waals surface area contributed by atoms with Crippen molar-refractivity contribution in [1.82, 2.24) is 9.97 Å². The van der Waals surface area contributed by atoms with Crippen molar-refractivity contribution in [3.05, 3.63) is 57.8 Å². The number of benzene rings is 1. The zero-order chi connectivity index (χ0) is 21.2. The van der Waals surface area contributed by atoms with Crippen molar-refractivity contribution in [3.8, 4) is 23.1 Å². The van der Waals surface area contributed by atoms with Gasteiger partial charge in [0.25, 0.3) is 5.88 Å². The monoisotopic (exact) mass is 533 g/mol. The third-order valence-electron chi connectivity index (χ3n) is 3.69. The molecule has 0 saturated carbocycles. The van der Waals surface area contributed by atoms with Gasteiger partial charge in [0.05, 0.1) is 15.5 Å². The Morgan fingerprint density at radius 1 is 1.14 bits per heavy atom. The molecule has 3 rings (SSSR count). The van der Waals surface area contributed by atoms with Crippen LogP contribution in [-0.4, -0.2) is 24.1 Å². The molecule has 0 bridgehead atoms. The van der Waals surface area contributed by atoms with Crippen molar-refractivity contribution in [1.29, 1.82) is 0 Å². The predicted molar refractivity (Wildman–Crippen MR) is 110 cm³/mol.